The number of H-pyrrole nitrogens is 1. The molecule has 0 saturated heterocycles. The zero-order valence-corrected chi connectivity index (χ0v) is 10.7. The molecule has 3 N–H and O–H groups in total. The van der Waals surface area contributed by atoms with Crippen LogP contribution in [-0.2, 0) is 6.42 Å². The molecule has 0 radical (unpaired) electrons. The number of hydrogen-bond acceptors (Lipinski definition) is 1. The van der Waals surface area contributed by atoms with Gasteiger partial charge in [-0.25, -0.2) is 0 Å². The molecule has 2 rings (SSSR count). The van der Waals surface area contributed by atoms with Crippen LogP contribution in [0.2, 0.25) is 5.02 Å². The molecule has 2 nitrogen and oxygen atoms in total. The molecule has 2 aromatic rings. The van der Waals surface area contributed by atoms with Crippen molar-refractivity contribution in [3.8, 4) is 0 Å². The van der Waals surface area contributed by atoms with Crippen molar-refractivity contribution in [1.82, 2.24) is 4.98 Å². The van der Waals surface area contributed by atoms with Crippen LogP contribution < -0.4 is 5.73 Å². The van der Waals surface area contributed by atoms with Gasteiger partial charge in [0.25, 0.3) is 0 Å². The van der Waals surface area contributed by atoms with Gasteiger partial charge in [-0.05, 0) is 51.0 Å². The molecule has 0 aliphatic heterocycles. The van der Waals surface area contributed by atoms with Crippen molar-refractivity contribution < 1.29 is 0 Å². The molecule has 0 saturated carbocycles. The monoisotopic (exact) mass is 236 g/mol. The number of hydrogen-bond donors (Lipinski definition) is 2. The van der Waals surface area contributed by atoms with Crippen molar-refractivity contribution in [2.24, 2.45) is 5.73 Å². The number of aryl methyl sites for hydroxylation is 1. The molecule has 0 fully saturated rings. The molecule has 0 atom stereocenters. The first-order chi connectivity index (χ1) is 7.37. The van der Waals surface area contributed by atoms with E-state index in [9.17, 15) is 0 Å². The summed E-state index contributed by atoms with van der Waals surface area (Å²) in [7, 11) is 0. The minimum Gasteiger partial charge on any atom is -0.358 e. The second-order valence-electron chi connectivity index (χ2n) is 5.08. The molecular weight excluding hydrogens is 220 g/mol. The van der Waals surface area contributed by atoms with Gasteiger partial charge in [-0.15, -0.1) is 0 Å². The normalized spacial score (nSPS) is 12.3. The first-order valence-corrected chi connectivity index (χ1v) is 5.80. The lowest BCUT2D eigenvalue weighted by molar-refractivity contribution is 0.517. The number of nitrogens with one attached hydrogen (secondary N) is 1. The minimum absolute atomic E-state index is 0.206. The Balaban J connectivity index is 2.58. The SMILES string of the molecule is Cc1[nH]c2ccc(Cl)cc2c1CC(C)(C)N. The van der Waals surface area contributed by atoms with E-state index < -0.39 is 0 Å². The van der Waals surface area contributed by atoms with Gasteiger partial charge in [-0.1, -0.05) is 11.6 Å². The molecule has 0 unspecified atom stereocenters. The maximum atomic E-state index is 6.08. The Morgan fingerprint density at radius 2 is 2.06 bits per heavy atom. The van der Waals surface area contributed by atoms with Gasteiger partial charge < -0.3 is 10.7 Å². The largest absolute Gasteiger partial charge is 0.358 e. The summed E-state index contributed by atoms with van der Waals surface area (Å²) in [5, 5.41) is 1.95. The number of benzene rings is 1. The average Bonchev–Trinajstić information content (AvgIpc) is 2.42. The quantitative estimate of drug-likeness (QED) is 0.825. The number of aromatic amines is 1. The Morgan fingerprint density at radius 3 is 2.69 bits per heavy atom. The summed E-state index contributed by atoms with van der Waals surface area (Å²) in [6.07, 6.45) is 0.846. The fourth-order valence-corrected chi connectivity index (χ4v) is 2.21. The van der Waals surface area contributed by atoms with E-state index in [0.29, 0.717) is 0 Å². The third-order valence-electron chi connectivity index (χ3n) is 2.71. The Hall–Kier alpha value is -0.990. The second kappa shape index (κ2) is 3.79. The van der Waals surface area contributed by atoms with Gasteiger partial charge in [0.15, 0.2) is 0 Å². The van der Waals surface area contributed by atoms with Crippen LogP contribution in [0.3, 0.4) is 0 Å². The van der Waals surface area contributed by atoms with Crippen LogP contribution in [-0.4, -0.2) is 10.5 Å². The fraction of sp³-hybridized carbons (Fsp3) is 0.385. The smallest absolute Gasteiger partial charge is 0.0459 e. The van der Waals surface area contributed by atoms with E-state index >= 15 is 0 Å². The summed E-state index contributed by atoms with van der Waals surface area (Å²) in [5.41, 5.74) is 9.44. The highest BCUT2D eigenvalue weighted by Crippen LogP contribution is 2.27. The van der Waals surface area contributed by atoms with E-state index in [-0.39, 0.29) is 5.54 Å². The van der Waals surface area contributed by atoms with Gasteiger partial charge in [0, 0.05) is 27.2 Å². The van der Waals surface area contributed by atoms with E-state index in [4.69, 9.17) is 17.3 Å². The summed E-state index contributed by atoms with van der Waals surface area (Å²) in [6, 6.07) is 5.91. The standard InChI is InChI=1S/C13H17ClN2/c1-8-11(7-13(2,3)15)10-6-9(14)4-5-12(10)16-8/h4-6,16H,7,15H2,1-3H3. The predicted octanol–water partition coefficient (Wildman–Crippen LogP) is 3.41. The lowest BCUT2D eigenvalue weighted by Gasteiger charge is -2.18. The van der Waals surface area contributed by atoms with Gasteiger partial charge in [0.2, 0.25) is 0 Å². The average molecular weight is 237 g/mol. The second-order valence-corrected chi connectivity index (χ2v) is 5.52. The Labute approximate surface area is 101 Å². The molecule has 1 aromatic heterocycles. The lowest BCUT2D eigenvalue weighted by Crippen LogP contribution is -2.34. The summed E-state index contributed by atoms with van der Waals surface area (Å²) < 4.78 is 0. The van der Waals surface area contributed by atoms with E-state index in [1.54, 1.807) is 0 Å². The third kappa shape index (κ3) is 2.23. The molecular formula is C13H17ClN2. The molecule has 0 aliphatic rings. The molecule has 16 heavy (non-hydrogen) atoms. The molecule has 0 bridgehead atoms. The van der Waals surface area contributed by atoms with Crippen molar-refractivity contribution in [3.63, 3.8) is 0 Å². The first-order valence-electron chi connectivity index (χ1n) is 5.42. The zero-order chi connectivity index (χ0) is 11.9. The Bertz CT molecular complexity index is 520. The van der Waals surface area contributed by atoms with Crippen molar-refractivity contribution >= 4 is 22.5 Å². The predicted molar refractivity (Wildman–Crippen MR) is 70.0 cm³/mol. The van der Waals surface area contributed by atoms with Crippen molar-refractivity contribution in [2.45, 2.75) is 32.7 Å². The third-order valence-corrected chi connectivity index (χ3v) is 2.95. The summed E-state index contributed by atoms with van der Waals surface area (Å²) >= 11 is 6.03. The van der Waals surface area contributed by atoms with Gasteiger partial charge in [0.05, 0.1) is 0 Å². The molecule has 0 aliphatic carbocycles. The van der Waals surface area contributed by atoms with E-state index in [1.165, 1.54) is 16.6 Å². The van der Waals surface area contributed by atoms with Crippen LogP contribution in [0.5, 0.6) is 0 Å². The van der Waals surface area contributed by atoms with Gasteiger partial charge in [0.1, 0.15) is 0 Å². The first kappa shape index (κ1) is 11.5. The maximum absolute atomic E-state index is 6.08. The molecule has 1 aromatic carbocycles. The van der Waals surface area contributed by atoms with Crippen LogP contribution >= 0.6 is 11.6 Å². The summed E-state index contributed by atoms with van der Waals surface area (Å²) in [5.74, 6) is 0. The Kier molecular flexibility index (Phi) is 2.72. The number of fused-ring (bicyclic) bond motifs is 1. The highest BCUT2D eigenvalue weighted by Gasteiger charge is 2.17. The maximum Gasteiger partial charge on any atom is 0.0459 e. The number of nitrogens with two attached hydrogens (primary N) is 1. The van der Waals surface area contributed by atoms with E-state index in [1.807, 2.05) is 32.0 Å². The van der Waals surface area contributed by atoms with Crippen LogP contribution in [0.25, 0.3) is 10.9 Å². The Morgan fingerprint density at radius 1 is 1.38 bits per heavy atom. The van der Waals surface area contributed by atoms with Crippen LogP contribution in [0.15, 0.2) is 18.2 Å². The van der Waals surface area contributed by atoms with Crippen LogP contribution in [0.4, 0.5) is 0 Å². The number of halogens is 1. The van der Waals surface area contributed by atoms with Gasteiger partial charge >= 0.3 is 0 Å². The molecule has 0 amide bonds. The summed E-state index contributed by atoms with van der Waals surface area (Å²) in [6.45, 7) is 6.15. The van der Waals surface area contributed by atoms with Gasteiger partial charge in [-0.2, -0.15) is 0 Å². The molecule has 0 spiro atoms. The van der Waals surface area contributed by atoms with Crippen LogP contribution in [0.1, 0.15) is 25.1 Å². The van der Waals surface area contributed by atoms with Crippen LogP contribution in [0, 0.1) is 6.92 Å². The van der Waals surface area contributed by atoms with E-state index in [0.717, 1.165) is 17.0 Å². The van der Waals surface area contributed by atoms with Gasteiger partial charge in [-0.3, -0.25) is 0 Å². The minimum atomic E-state index is -0.206. The van der Waals surface area contributed by atoms with Crippen molar-refractivity contribution in [3.05, 3.63) is 34.5 Å². The molecule has 86 valence electrons. The number of aromatic nitrogens is 1. The van der Waals surface area contributed by atoms with Crippen molar-refractivity contribution in [1.29, 1.82) is 0 Å². The molecule has 1 heterocycles. The topological polar surface area (TPSA) is 41.8 Å². The zero-order valence-electron chi connectivity index (χ0n) is 9.89. The van der Waals surface area contributed by atoms with Crippen molar-refractivity contribution in [2.75, 3.05) is 0 Å². The fourth-order valence-electron chi connectivity index (χ4n) is 2.04. The number of rotatable bonds is 2. The van der Waals surface area contributed by atoms with E-state index in [2.05, 4.69) is 11.9 Å². The lowest BCUT2D eigenvalue weighted by atomic mass is 9.94. The highest BCUT2D eigenvalue weighted by molar-refractivity contribution is 6.31. The molecule has 3 heteroatoms. The highest BCUT2D eigenvalue weighted by atomic mass is 35.5. The summed E-state index contributed by atoms with van der Waals surface area (Å²) in [4.78, 5) is 3.36.